The minimum absolute atomic E-state index is 0.651. The zero-order valence-electron chi connectivity index (χ0n) is 5.87. The molecule has 1 rings (SSSR count). The Labute approximate surface area is 64.9 Å². The molecule has 0 fully saturated rings. The van der Waals surface area contributed by atoms with Crippen LogP contribution in [0.4, 0.5) is 11.9 Å². The van der Waals surface area contributed by atoms with E-state index in [4.69, 9.17) is 0 Å². The van der Waals surface area contributed by atoms with Crippen molar-refractivity contribution in [1.82, 2.24) is 14.8 Å². The molecule has 1 aromatic heterocycles. The standard InChI is InChI=1S/C3H3N5O4/c1-6-2(7(9)10)4-5-3(6)8(11)12/h1H3. The first-order chi connectivity index (χ1) is 5.54. The SMILES string of the molecule is Cn1c([N+](=O)[O-])nnc1[N+](=O)[O-]. The smallest absolute Gasteiger partial charge is 0.390 e. The van der Waals surface area contributed by atoms with Gasteiger partial charge in [-0.2, -0.15) is 4.57 Å². The molecule has 0 aliphatic rings. The van der Waals surface area contributed by atoms with E-state index in [1.54, 1.807) is 0 Å². The van der Waals surface area contributed by atoms with Crippen molar-refractivity contribution >= 4 is 11.9 Å². The van der Waals surface area contributed by atoms with E-state index in [0.29, 0.717) is 4.57 Å². The number of nitro groups is 2. The van der Waals surface area contributed by atoms with Crippen LogP contribution in [-0.2, 0) is 7.05 Å². The van der Waals surface area contributed by atoms with Crippen molar-refractivity contribution in [2.24, 2.45) is 7.05 Å². The van der Waals surface area contributed by atoms with Gasteiger partial charge < -0.3 is 20.2 Å². The van der Waals surface area contributed by atoms with Gasteiger partial charge in [0.15, 0.2) is 0 Å². The van der Waals surface area contributed by atoms with Gasteiger partial charge in [-0.25, -0.2) is 0 Å². The predicted molar refractivity (Wildman–Crippen MR) is 34.3 cm³/mol. The Morgan fingerprint density at radius 1 is 1.17 bits per heavy atom. The summed E-state index contributed by atoms with van der Waals surface area (Å²) in [5.74, 6) is -1.30. The van der Waals surface area contributed by atoms with Crippen LogP contribution < -0.4 is 0 Å². The van der Waals surface area contributed by atoms with Crippen molar-refractivity contribution in [3.63, 3.8) is 0 Å². The highest BCUT2D eigenvalue weighted by Gasteiger charge is 2.26. The minimum atomic E-state index is -0.847. The molecular weight excluding hydrogens is 170 g/mol. The van der Waals surface area contributed by atoms with Crippen molar-refractivity contribution in [1.29, 1.82) is 0 Å². The van der Waals surface area contributed by atoms with Gasteiger partial charge in [-0.3, -0.25) is 0 Å². The van der Waals surface area contributed by atoms with E-state index in [-0.39, 0.29) is 0 Å². The summed E-state index contributed by atoms with van der Waals surface area (Å²) < 4.78 is 0.694. The van der Waals surface area contributed by atoms with Gasteiger partial charge in [-0.05, 0) is 9.85 Å². The second kappa shape index (κ2) is 2.53. The van der Waals surface area contributed by atoms with Gasteiger partial charge in [-0.1, -0.05) is 0 Å². The van der Waals surface area contributed by atoms with Crippen LogP contribution in [0.2, 0.25) is 0 Å². The molecule has 9 heteroatoms. The average Bonchev–Trinajstić information content (AvgIpc) is 2.30. The Morgan fingerprint density at radius 2 is 1.50 bits per heavy atom. The van der Waals surface area contributed by atoms with E-state index >= 15 is 0 Å². The van der Waals surface area contributed by atoms with Crippen molar-refractivity contribution in [3.05, 3.63) is 20.2 Å². The van der Waals surface area contributed by atoms with Crippen LogP contribution in [0, 0.1) is 20.2 Å². The zero-order valence-corrected chi connectivity index (χ0v) is 5.87. The van der Waals surface area contributed by atoms with Gasteiger partial charge in [-0.15, -0.1) is 0 Å². The molecule has 9 nitrogen and oxygen atoms in total. The van der Waals surface area contributed by atoms with E-state index in [2.05, 4.69) is 10.2 Å². The highest BCUT2D eigenvalue weighted by molar-refractivity contribution is 5.15. The molecule has 0 aromatic carbocycles. The summed E-state index contributed by atoms with van der Waals surface area (Å²) in [6, 6.07) is 0. The van der Waals surface area contributed by atoms with Crippen LogP contribution in [0.15, 0.2) is 0 Å². The third kappa shape index (κ3) is 1.07. The topological polar surface area (TPSA) is 117 Å². The molecule has 1 aromatic rings. The first kappa shape index (κ1) is 8.04. The highest BCUT2D eigenvalue weighted by Crippen LogP contribution is 2.12. The molecule has 0 saturated heterocycles. The molecule has 0 spiro atoms. The van der Waals surface area contributed by atoms with Crippen LogP contribution in [0.1, 0.15) is 0 Å². The summed E-state index contributed by atoms with van der Waals surface area (Å²) >= 11 is 0. The van der Waals surface area contributed by atoms with Gasteiger partial charge in [0.2, 0.25) is 0 Å². The van der Waals surface area contributed by atoms with Crippen LogP contribution in [0.3, 0.4) is 0 Å². The lowest BCUT2D eigenvalue weighted by Gasteiger charge is -1.92. The molecule has 0 bridgehead atoms. The number of aromatic nitrogens is 3. The Bertz CT molecular complexity index is 311. The molecule has 64 valence electrons. The Hall–Kier alpha value is -2.06. The van der Waals surface area contributed by atoms with Gasteiger partial charge in [0.25, 0.3) is 0 Å². The quantitative estimate of drug-likeness (QED) is 0.444. The maximum Gasteiger partial charge on any atom is 0.477 e. The third-order valence-corrected chi connectivity index (χ3v) is 1.16. The normalized spacial score (nSPS) is 9.75. The number of hydrogen-bond donors (Lipinski definition) is 0. The summed E-state index contributed by atoms with van der Waals surface area (Å²) in [4.78, 5) is 18.5. The van der Waals surface area contributed by atoms with Gasteiger partial charge in [0.05, 0.1) is 7.05 Å². The Balaban J connectivity index is 3.22. The van der Waals surface area contributed by atoms with Crippen LogP contribution in [-0.4, -0.2) is 24.6 Å². The lowest BCUT2D eigenvalue weighted by atomic mass is 10.9. The fourth-order valence-electron chi connectivity index (χ4n) is 0.631. The second-order valence-electron chi connectivity index (χ2n) is 1.87. The zero-order chi connectivity index (χ0) is 9.30. The molecule has 0 aliphatic carbocycles. The van der Waals surface area contributed by atoms with Crippen LogP contribution in [0.25, 0.3) is 0 Å². The fraction of sp³-hybridized carbons (Fsp3) is 0.333. The summed E-state index contributed by atoms with van der Waals surface area (Å²) in [6.07, 6.45) is 0. The summed E-state index contributed by atoms with van der Waals surface area (Å²) in [6.45, 7) is 0. The molecule has 0 aliphatic heterocycles. The lowest BCUT2D eigenvalue weighted by molar-refractivity contribution is -0.407. The number of hydrogen-bond acceptors (Lipinski definition) is 6. The average molecular weight is 173 g/mol. The molecule has 1 heterocycles. The Morgan fingerprint density at radius 3 is 1.67 bits per heavy atom. The molecule has 0 N–H and O–H groups in total. The van der Waals surface area contributed by atoms with Crippen molar-refractivity contribution in [2.75, 3.05) is 0 Å². The number of rotatable bonds is 2. The number of nitrogens with zero attached hydrogens (tertiary/aromatic N) is 5. The van der Waals surface area contributed by atoms with Gasteiger partial charge >= 0.3 is 11.9 Å². The fourth-order valence-corrected chi connectivity index (χ4v) is 0.631. The molecule has 0 radical (unpaired) electrons. The summed E-state index contributed by atoms with van der Waals surface area (Å²) in [7, 11) is 1.15. The van der Waals surface area contributed by atoms with E-state index in [0.717, 1.165) is 7.05 Å². The minimum Gasteiger partial charge on any atom is -0.390 e. The van der Waals surface area contributed by atoms with E-state index in [9.17, 15) is 20.2 Å². The molecule has 0 unspecified atom stereocenters. The van der Waals surface area contributed by atoms with Crippen molar-refractivity contribution in [3.8, 4) is 0 Å². The maximum atomic E-state index is 10.1. The molecule has 12 heavy (non-hydrogen) atoms. The molecule has 0 atom stereocenters. The monoisotopic (exact) mass is 173 g/mol. The first-order valence-electron chi connectivity index (χ1n) is 2.72. The lowest BCUT2D eigenvalue weighted by Crippen LogP contribution is -2.01. The largest absolute Gasteiger partial charge is 0.477 e. The van der Waals surface area contributed by atoms with Gasteiger partial charge in [0.1, 0.15) is 10.2 Å². The highest BCUT2D eigenvalue weighted by atomic mass is 16.6. The summed E-state index contributed by atoms with van der Waals surface area (Å²) in [5.41, 5.74) is 0. The van der Waals surface area contributed by atoms with Gasteiger partial charge in [0, 0.05) is 0 Å². The summed E-state index contributed by atoms with van der Waals surface area (Å²) in [5, 5.41) is 26.3. The van der Waals surface area contributed by atoms with E-state index in [1.807, 2.05) is 0 Å². The van der Waals surface area contributed by atoms with Crippen molar-refractivity contribution in [2.45, 2.75) is 0 Å². The maximum absolute atomic E-state index is 10.1. The first-order valence-corrected chi connectivity index (χ1v) is 2.72. The second-order valence-corrected chi connectivity index (χ2v) is 1.87. The molecule has 0 saturated carbocycles. The Kier molecular flexibility index (Phi) is 1.69. The molecule has 0 amide bonds. The third-order valence-electron chi connectivity index (χ3n) is 1.16. The van der Waals surface area contributed by atoms with Crippen LogP contribution in [0.5, 0.6) is 0 Å². The van der Waals surface area contributed by atoms with E-state index < -0.39 is 21.7 Å². The van der Waals surface area contributed by atoms with Crippen molar-refractivity contribution < 1.29 is 9.85 Å². The predicted octanol–water partition coefficient (Wildman–Crippen LogP) is -0.369. The molecular formula is C3H3N5O4. The van der Waals surface area contributed by atoms with Crippen LogP contribution >= 0.6 is 0 Å². The van der Waals surface area contributed by atoms with E-state index in [1.165, 1.54) is 0 Å².